The smallest absolute Gasteiger partial charge is 0.254 e. The number of halogens is 1. The SMILES string of the molecule is CCCCN1Cc2cc(OCc3c[nH]nc3-c3ccc(F)cc3)ccc2C1=O. The summed E-state index contributed by atoms with van der Waals surface area (Å²) in [6.45, 7) is 3.87. The molecule has 2 heterocycles. The number of H-pyrrole nitrogens is 1. The lowest BCUT2D eigenvalue weighted by Gasteiger charge is -2.14. The van der Waals surface area contributed by atoms with Crippen molar-refractivity contribution in [1.29, 1.82) is 0 Å². The summed E-state index contributed by atoms with van der Waals surface area (Å²) in [7, 11) is 0. The second-order valence-corrected chi connectivity index (χ2v) is 6.95. The Morgan fingerprint density at radius 1 is 1.21 bits per heavy atom. The van der Waals surface area contributed by atoms with E-state index in [0.29, 0.717) is 13.2 Å². The van der Waals surface area contributed by atoms with Crippen LogP contribution in [-0.2, 0) is 13.2 Å². The zero-order chi connectivity index (χ0) is 19.5. The number of nitrogens with zero attached hydrogens (tertiary/aromatic N) is 2. The number of fused-ring (bicyclic) bond motifs is 1. The fraction of sp³-hybridized carbons (Fsp3) is 0.273. The number of aromatic nitrogens is 2. The molecule has 0 aliphatic carbocycles. The van der Waals surface area contributed by atoms with E-state index in [2.05, 4.69) is 17.1 Å². The van der Waals surface area contributed by atoms with Gasteiger partial charge < -0.3 is 9.64 Å². The molecule has 0 bridgehead atoms. The predicted octanol–water partition coefficient (Wildman–Crippen LogP) is 4.55. The Labute approximate surface area is 163 Å². The molecule has 144 valence electrons. The molecule has 1 aliphatic rings. The number of rotatable bonds is 7. The Bertz CT molecular complexity index is 982. The molecule has 0 unspecified atom stereocenters. The largest absolute Gasteiger partial charge is 0.489 e. The van der Waals surface area contributed by atoms with Gasteiger partial charge in [-0.2, -0.15) is 5.10 Å². The van der Waals surface area contributed by atoms with Crippen LogP contribution < -0.4 is 4.74 Å². The van der Waals surface area contributed by atoms with Crippen molar-refractivity contribution in [1.82, 2.24) is 15.1 Å². The number of unbranched alkanes of at least 4 members (excludes halogenated alkanes) is 1. The van der Waals surface area contributed by atoms with Crippen LogP contribution >= 0.6 is 0 Å². The number of carbonyl (C=O) groups is 1. The van der Waals surface area contributed by atoms with Crippen molar-refractivity contribution in [2.24, 2.45) is 0 Å². The standard InChI is InChI=1S/C22H22FN3O2/c1-2-3-10-26-13-16-11-19(8-9-20(16)22(26)27)28-14-17-12-24-25-21(17)15-4-6-18(23)7-5-15/h4-9,11-12H,2-3,10,13-14H2,1H3,(H,24,25). The summed E-state index contributed by atoms with van der Waals surface area (Å²) >= 11 is 0. The van der Waals surface area contributed by atoms with Crippen LogP contribution in [0.2, 0.25) is 0 Å². The first-order valence-electron chi connectivity index (χ1n) is 9.49. The number of hydrogen-bond donors (Lipinski definition) is 1. The van der Waals surface area contributed by atoms with E-state index in [0.717, 1.165) is 53.1 Å². The minimum absolute atomic E-state index is 0.100. The third-order valence-corrected chi connectivity index (χ3v) is 4.97. The minimum Gasteiger partial charge on any atom is -0.489 e. The Balaban J connectivity index is 1.46. The van der Waals surface area contributed by atoms with Gasteiger partial charge in [-0.05, 0) is 54.4 Å². The molecule has 1 amide bonds. The summed E-state index contributed by atoms with van der Waals surface area (Å²) < 4.78 is 19.1. The lowest BCUT2D eigenvalue weighted by atomic mass is 10.1. The second kappa shape index (κ2) is 7.84. The number of amides is 1. The summed E-state index contributed by atoms with van der Waals surface area (Å²) in [6.07, 6.45) is 3.85. The van der Waals surface area contributed by atoms with Crippen LogP contribution in [0.4, 0.5) is 4.39 Å². The van der Waals surface area contributed by atoms with Gasteiger partial charge in [-0.1, -0.05) is 13.3 Å². The highest BCUT2D eigenvalue weighted by Crippen LogP contribution is 2.28. The van der Waals surface area contributed by atoms with Crippen molar-refractivity contribution in [3.63, 3.8) is 0 Å². The molecule has 0 saturated carbocycles. The molecular weight excluding hydrogens is 357 g/mol. The lowest BCUT2D eigenvalue weighted by molar-refractivity contribution is 0.0776. The molecule has 1 N–H and O–H groups in total. The maximum Gasteiger partial charge on any atom is 0.254 e. The van der Waals surface area contributed by atoms with Gasteiger partial charge in [0.05, 0.1) is 5.69 Å². The van der Waals surface area contributed by atoms with E-state index < -0.39 is 0 Å². The number of benzene rings is 2. The molecule has 3 aromatic rings. The molecule has 6 heteroatoms. The average molecular weight is 379 g/mol. The zero-order valence-corrected chi connectivity index (χ0v) is 15.7. The van der Waals surface area contributed by atoms with Crippen LogP contribution in [0, 0.1) is 5.82 Å². The molecule has 1 aliphatic heterocycles. The molecule has 0 radical (unpaired) electrons. The number of carbonyl (C=O) groups excluding carboxylic acids is 1. The molecule has 0 atom stereocenters. The average Bonchev–Trinajstić information content (AvgIpc) is 3.30. The molecule has 4 rings (SSSR count). The number of hydrogen-bond acceptors (Lipinski definition) is 3. The second-order valence-electron chi connectivity index (χ2n) is 6.95. The molecule has 2 aromatic carbocycles. The Morgan fingerprint density at radius 3 is 2.82 bits per heavy atom. The Hall–Kier alpha value is -3.15. The van der Waals surface area contributed by atoms with E-state index in [9.17, 15) is 9.18 Å². The van der Waals surface area contributed by atoms with Crippen LogP contribution in [0.25, 0.3) is 11.3 Å². The molecule has 0 fully saturated rings. The number of ether oxygens (including phenoxy) is 1. The third-order valence-electron chi connectivity index (χ3n) is 4.97. The maximum atomic E-state index is 13.2. The molecular formula is C22H22FN3O2. The molecule has 1 aromatic heterocycles. The van der Waals surface area contributed by atoms with Crippen LogP contribution in [0.15, 0.2) is 48.7 Å². The maximum absolute atomic E-state index is 13.2. The van der Waals surface area contributed by atoms with Gasteiger partial charge >= 0.3 is 0 Å². The van der Waals surface area contributed by atoms with Gasteiger partial charge in [-0.3, -0.25) is 9.89 Å². The van der Waals surface area contributed by atoms with E-state index in [1.807, 2.05) is 23.1 Å². The van der Waals surface area contributed by atoms with Gasteiger partial charge in [-0.15, -0.1) is 0 Å². The summed E-state index contributed by atoms with van der Waals surface area (Å²) in [5.41, 5.74) is 4.21. The van der Waals surface area contributed by atoms with Gasteiger partial charge in [0.1, 0.15) is 18.2 Å². The van der Waals surface area contributed by atoms with E-state index in [-0.39, 0.29) is 11.7 Å². The highest BCUT2D eigenvalue weighted by atomic mass is 19.1. The molecule has 0 saturated heterocycles. The fourth-order valence-electron chi connectivity index (χ4n) is 3.42. The van der Waals surface area contributed by atoms with Crippen LogP contribution in [-0.4, -0.2) is 27.5 Å². The lowest BCUT2D eigenvalue weighted by Crippen LogP contribution is -2.24. The van der Waals surface area contributed by atoms with E-state index in [1.165, 1.54) is 12.1 Å². The topological polar surface area (TPSA) is 58.2 Å². The van der Waals surface area contributed by atoms with Crippen molar-refractivity contribution in [2.45, 2.75) is 32.9 Å². The quantitative estimate of drug-likeness (QED) is 0.655. The van der Waals surface area contributed by atoms with Gasteiger partial charge in [0, 0.05) is 36.0 Å². The fourth-order valence-corrected chi connectivity index (χ4v) is 3.42. The van der Waals surface area contributed by atoms with E-state index in [4.69, 9.17) is 4.74 Å². The Morgan fingerprint density at radius 2 is 2.04 bits per heavy atom. The van der Waals surface area contributed by atoms with E-state index in [1.54, 1.807) is 18.3 Å². The van der Waals surface area contributed by atoms with Crippen LogP contribution in [0.3, 0.4) is 0 Å². The van der Waals surface area contributed by atoms with Crippen molar-refractivity contribution < 1.29 is 13.9 Å². The van der Waals surface area contributed by atoms with Crippen LogP contribution in [0.1, 0.15) is 41.3 Å². The summed E-state index contributed by atoms with van der Waals surface area (Å²) in [5, 5.41) is 7.10. The molecule has 5 nitrogen and oxygen atoms in total. The highest BCUT2D eigenvalue weighted by Gasteiger charge is 2.27. The normalized spacial score (nSPS) is 13.1. The van der Waals surface area contributed by atoms with Gasteiger partial charge in [-0.25, -0.2) is 4.39 Å². The van der Waals surface area contributed by atoms with Crippen molar-refractivity contribution in [2.75, 3.05) is 6.54 Å². The highest BCUT2D eigenvalue weighted by molar-refractivity contribution is 5.98. The Kier molecular flexibility index (Phi) is 5.10. The van der Waals surface area contributed by atoms with Gasteiger partial charge in [0.2, 0.25) is 0 Å². The zero-order valence-electron chi connectivity index (χ0n) is 15.7. The third kappa shape index (κ3) is 3.63. The number of aromatic amines is 1. The minimum atomic E-state index is -0.280. The summed E-state index contributed by atoms with van der Waals surface area (Å²) in [6, 6.07) is 11.8. The van der Waals surface area contributed by atoms with Crippen molar-refractivity contribution in [3.05, 3.63) is 71.2 Å². The molecule has 28 heavy (non-hydrogen) atoms. The number of nitrogens with one attached hydrogen (secondary N) is 1. The first kappa shape index (κ1) is 18.2. The first-order chi connectivity index (χ1) is 13.7. The van der Waals surface area contributed by atoms with E-state index >= 15 is 0 Å². The molecule has 0 spiro atoms. The predicted molar refractivity (Wildman–Crippen MR) is 104 cm³/mol. The van der Waals surface area contributed by atoms with Crippen molar-refractivity contribution in [3.8, 4) is 17.0 Å². The summed E-state index contributed by atoms with van der Waals surface area (Å²) in [4.78, 5) is 14.3. The monoisotopic (exact) mass is 379 g/mol. The van der Waals surface area contributed by atoms with Crippen molar-refractivity contribution >= 4 is 5.91 Å². The summed E-state index contributed by atoms with van der Waals surface area (Å²) in [5.74, 6) is 0.538. The van der Waals surface area contributed by atoms with Gasteiger partial charge in [0.15, 0.2) is 0 Å². The van der Waals surface area contributed by atoms with Crippen LogP contribution in [0.5, 0.6) is 5.75 Å². The van der Waals surface area contributed by atoms with Gasteiger partial charge in [0.25, 0.3) is 5.91 Å². The first-order valence-corrected chi connectivity index (χ1v) is 9.49.